The van der Waals surface area contributed by atoms with E-state index in [1.54, 1.807) is 6.07 Å². The number of esters is 1. The summed E-state index contributed by atoms with van der Waals surface area (Å²) >= 11 is 0. The van der Waals surface area contributed by atoms with Gasteiger partial charge in [-0.05, 0) is 25.0 Å². The summed E-state index contributed by atoms with van der Waals surface area (Å²) in [5.41, 5.74) is 2.72. The van der Waals surface area contributed by atoms with Crippen molar-refractivity contribution >= 4 is 16.0 Å². The van der Waals surface area contributed by atoms with Crippen LogP contribution in [0.4, 0.5) is 0 Å². The fourth-order valence-electron chi connectivity index (χ4n) is 1.50. The quantitative estimate of drug-likeness (QED) is 0.807. The maximum atomic E-state index is 11.7. The van der Waals surface area contributed by atoms with Crippen LogP contribution >= 0.6 is 0 Å². The van der Waals surface area contributed by atoms with E-state index in [4.69, 9.17) is 0 Å². The molecule has 1 aromatic rings. The highest BCUT2D eigenvalue weighted by molar-refractivity contribution is 7.88. The number of nitrogens with one attached hydrogen (secondary N) is 1. The standard InChI is InChI=1S/C12H17NO4S/c1-9-4-5-11(10(2)6-9)8-18(15,16)13-7-12(14)17-3/h4-6,13H,7-8H2,1-3H3. The summed E-state index contributed by atoms with van der Waals surface area (Å²) in [6, 6.07) is 5.56. The van der Waals surface area contributed by atoms with Crippen molar-refractivity contribution in [2.75, 3.05) is 13.7 Å². The number of ether oxygens (including phenoxy) is 1. The molecule has 0 heterocycles. The Bertz CT molecular complexity index is 537. The first kappa shape index (κ1) is 14.7. The Hall–Kier alpha value is -1.40. The van der Waals surface area contributed by atoms with Gasteiger partial charge in [-0.1, -0.05) is 23.8 Å². The lowest BCUT2D eigenvalue weighted by Crippen LogP contribution is -2.31. The molecule has 0 spiro atoms. The molecule has 0 aliphatic carbocycles. The molecule has 0 aromatic heterocycles. The summed E-state index contributed by atoms with van der Waals surface area (Å²) in [4.78, 5) is 10.9. The molecule has 1 N–H and O–H groups in total. The zero-order valence-corrected chi connectivity index (χ0v) is 11.5. The van der Waals surface area contributed by atoms with Crippen molar-refractivity contribution in [2.45, 2.75) is 19.6 Å². The minimum absolute atomic E-state index is 0.143. The topological polar surface area (TPSA) is 72.5 Å². The van der Waals surface area contributed by atoms with Crippen molar-refractivity contribution in [2.24, 2.45) is 0 Å². The van der Waals surface area contributed by atoms with Crippen molar-refractivity contribution in [3.63, 3.8) is 0 Å². The summed E-state index contributed by atoms with van der Waals surface area (Å²) < 4.78 is 30.0. The second-order valence-electron chi connectivity index (χ2n) is 4.09. The van der Waals surface area contributed by atoms with Crippen LogP contribution in [0.1, 0.15) is 16.7 Å². The van der Waals surface area contributed by atoms with Gasteiger partial charge in [-0.3, -0.25) is 4.79 Å². The fourth-order valence-corrected chi connectivity index (χ4v) is 2.68. The van der Waals surface area contributed by atoms with E-state index < -0.39 is 16.0 Å². The largest absolute Gasteiger partial charge is 0.468 e. The summed E-state index contributed by atoms with van der Waals surface area (Å²) in [5, 5.41) is 0. The van der Waals surface area contributed by atoms with E-state index >= 15 is 0 Å². The lowest BCUT2D eigenvalue weighted by Gasteiger charge is -2.08. The van der Waals surface area contributed by atoms with Gasteiger partial charge in [-0.25, -0.2) is 13.1 Å². The van der Waals surface area contributed by atoms with Gasteiger partial charge in [0.05, 0.1) is 12.9 Å². The molecule has 0 radical (unpaired) electrons. The summed E-state index contributed by atoms with van der Waals surface area (Å²) in [5.74, 6) is -0.755. The van der Waals surface area contributed by atoms with E-state index in [1.807, 2.05) is 26.0 Å². The van der Waals surface area contributed by atoms with Crippen molar-refractivity contribution in [3.05, 3.63) is 34.9 Å². The van der Waals surface area contributed by atoms with Gasteiger partial charge in [-0.15, -0.1) is 0 Å². The monoisotopic (exact) mass is 271 g/mol. The maximum absolute atomic E-state index is 11.7. The summed E-state index contributed by atoms with van der Waals surface area (Å²) in [7, 11) is -2.32. The Balaban J connectivity index is 2.73. The molecule has 0 bridgehead atoms. The van der Waals surface area contributed by atoms with Crippen LogP contribution in [0.3, 0.4) is 0 Å². The average molecular weight is 271 g/mol. The molecule has 0 unspecified atom stereocenters. The van der Waals surface area contributed by atoms with Crippen molar-refractivity contribution in [1.82, 2.24) is 4.72 Å². The highest BCUT2D eigenvalue weighted by Gasteiger charge is 2.14. The Labute approximate surface area is 107 Å². The molecule has 0 aliphatic rings. The lowest BCUT2D eigenvalue weighted by molar-refractivity contribution is -0.139. The number of benzene rings is 1. The van der Waals surface area contributed by atoms with Gasteiger partial charge in [-0.2, -0.15) is 0 Å². The fraction of sp³-hybridized carbons (Fsp3) is 0.417. The van der Waals surface area contributed by atoms with Crippen LogP contribution < -0.4 is 4.72 Å². The highest BCUT2D eigenvalue weighted by atomic mass is 32.2. The number of carbonyl (C=O) groups is 1. The molecule has 18 heavy (non-hydrogen) atoms. The number of carbonyl (C=O) groups excluding carboxylic acids is 1. The molecule has 0 fully saturated rings. The zero-order valence-electron chi connectivity index (χ0n) is 10.7. The van der Waals surface area contributed by atoms with Crippen LogP contribution in [0.25, 0.3) is 0 Å². The molecular formula is C12H17NO4S. The Kier molecular flexibility index (Phi) is 4.86. The molecule has 100 valence electrons. The molecule has 5 nitrogen and oxygen atoms in total. The van der Waals surface area contributed by atoms with E-state index in [9.17, 15) is 13.2 Å². The molecular weight excluding hydrogens is 254 g/mol. The molecule has 0 saturated heterocycles. The number of hydrogen-bond acceptors (Lipinski definition) is 4. The van der Waals surface area contributed by atoms with Crippen LogP contribution in [0, 0.1) is 13.8 Å². The molecule has 6 heteroatoms. The lowest BCUT2D eigenvalue weighted by atomic mass is 10.1. The van der Waals surface area contributed by atoms with Crippen LogP contribution in [-0.2, 0) is 25.3 Å². The third-order valence-corrected chi connectivity index (χ3v) is 3.78. The Morgan fingerprint density at radius 2 is 2.00 bits per heavy atom. The minimum Gasteiger partial charge on any atom is -0.468 e. The summed E-state index contributed by atoms with van der Waals surface area (Å²) in [6.45, 7) is 3.46. The van der Waals surface area contributed by atoms with Gasteiger partial charge in [0.15, 0.2) is 0 Å². The van der Waals surface area contributed by atoms with Crippen LogP contribution in [-0.4, -0.2) is 28.0 Å². The van der Waals surface area contributed by atoms with Crippen LogP contribution in [0.5, 0.6) is 0 Å². The number of aryl methyl sites for hydroxylation is 2. The van der Waals surface area contributed by atoms with Gasteiger partial charge >= 0.3 is 5.97 Å². The third kappa shape index (κ3) is 4.46. The van der Waals surface area contributed by atoms with E-state index in [-0.39, 0.29) is 12.3 Å². The number of methoxy groups -OCH3 is 1. The van der Waals surface area contributed by atoms with Crippen LogP contribution in [0.15, 0.2) is 18.2 Å². The van der Waals surface area contributed by atoms with Crippen molar-refractivity contribution in [3.8, 4) is 0 Å². The summed E-state index contributed by atoms with van der Waals surface area (Å²) in [6.07, 6.45) is 0. The normalized spacial score (nSPS) is 11.3. The Morgan fingerprint density at radius 3 is 2.56 bits per heavy atom. The number of hydrogen-bond donors (Lipinski definition) is 1. The Morgan fingerprint density at radius 1 is 1.33 bits per heavy atom. The van der Waals surface area contributed by atoms with E-state index in [0.717, 1.165) is 16.7 Å². The van der Waals surface area contributed by atoms with Gasteiger partial charge in [0.2, 0.25) is 10.0 Å². The average Bonchev–Trinajstić information content (AvgIpc) is 2.30. The predicted molar refractivity (Wildman–Crippen MR) is 68.6 cm³/mol. The smallest absolute Gasteiger partial charge is 0.320 e. The predicted octanol–water partition coefficient (Wildman–Crippen LogP) is 0.896. The molecule has 1 rings (SSSR count). The maximum Gasteiger partial charge on any atom is 0.320 e. The van der Waals surface area contributed by atoms with Crippen molar-refractivity contribution < 1.29 is 17.9 Å². The van der Waals surface area contributed by atoms with E-state index in [2.05, 4.69) is 9.46 Å². The van der Waals surface area contributed by atoms with E-state index in [0.29, 0.717) is 0 Å². The first-order chi connectivity index (χ1) is 8.34. The van der Waals surface area contributed by atoms with Gasteiger partial charge < -0.3 is 4.74 Å². The first-order valence-corrected chi connectivity index (χ1v) is 7.09. The number of rotatable bonds is 5. The van der Waals surface area contributed by atoms with Crippen molar-refractivity contribution in [1.29, 1.82) is 0 Å². The first-order valence-electron chi connectivity index (χ1n) is 5.44. The second kappa shape index (κ2) is 5.97. The molecule has 0 amide bonds. The molecule has 0 saturated carbocycles. The highest BCUT2D eigenvalue weighted by Crippen LogP contribution is 2.13. The molecule has 0 aliphatic heterocycles. The van der Waals surface area contributed by atoms with Gasteiger partial charge in [0.25, 0.3) is 0 Å². The molecule has 0 atom stereocenters. The molecule has 1 aromatic carbocycles. The minimum atomic E-state index is -3.53. The van der Waals surface area contributed by atoms with Crippen LogP contribution in [0.2, 0.25) is 0 Å². The van der Waals surface area contributed by atoms with Gasteiger partial charge in [0, 0.05) is 0 Å². The van der Waals surface area contributed by atoms with E-state index in [1.165, 1.54) is 7.11 Å². The third-order valence-electron chi connectivity index (χ3n) is 2.51. The zero-order chi connectivity index (χ0) is 13.8. The second-order valence-corrected chi connectivity index (χ2v) is 5.89. The number of sulfonamides is 1. The SMILES string of the molecule is COC(=O)CNS(=O)(=O)Cc1ccc(C)cc1C. The van der Waals surface area contributed by atoms with Gasteiger partial charge in [0.1, 0.15) is 6.54 Å².